The van der Waals surface area contributed by atoms with E-state index in [9.17, 15) is 13.0 Å². The second kappa shape index (κ2) is 8.59. The van der Waals surface area contributed by atoms with Crippen molar-refractivity contribution in [3.63, 3.8) is 0 Å². The minimum absolute atomic E-state index is 0.0293. The zero-order valence-corrected chi connectivity index (χ0v) is 15.2. The second-order valence-corrected chi connectivity index (χ2v) is 7.68. The summed E-state index contributed by atoms with van der Waals surface area (Å²) in [5, 5.41) is 3.29. The Morgan fingerprint density at radius 2 is 1.92 bits per heavy atom. The van der Waals surface area contributed by atoms with Crippen LogP contribution in [0.15, 0.2) is 53.7 Å². The maximum absolute atomic E-state index is 11.6. The molecular formula is C18H23N3O4S. The number of hydrogen-bond donors (Lipinski definition) is 2. The van der Waals surface area contributed by atoms with Gasteiger partial charge in [0.05, 0.1) is 25.1 Å². The molecular weight excluding hydrogens is 354 g/mol. The lowest BCUT2D eigenvalue weighted by atomic mass is 10.0. The van der Waals surface area contributed by atoms with Gasteiger partial charge in [-0.3, -0.25) is 14.4 Å². The smallest absolute Gasteiger partial charge is 0.298 e. The van der Waals surface area contributed by atoms with Crippen molar-refractivity contribution in [2.24, 2.45) is 0 Å². The molecule has 1 aromatic carbocycles. The third kappa shape index (κ3) is 5.25. The zero-order valence-electron chi connectivity index (χ0n) is 14.4. The Bertz CT molecular complexity index is 808. The number of nitrogens with one attached hydrogen (secondary N) is 1. The minimum atomic E-state index is -4.34. The van der Waals surface area contributed by atoms with Gasteiger partial charge in [-0.05, 0) is 18.1 Å². The number of morpholine rings is 1. The summed E-state index contributed by atoms with van der Waals surface area (Å²) in [7, 11) is -4.34. The molecule has 26 heavy (non-hydrogen) atoms. The normalized spacial score (nSPS) is 17.0. The first-order valence-electron chi connectivity index (χ1n) is 8.54. The van der Waals surface area contributed by atoms with Gasteiger partial charge < -0.3 is 10.1 Å². The third-order valence-electron chi connectivity index (χ3n) is 4.33. The molecule has 0 spiro atoms. The van der Waals surface area contributed by atoms with Crippen LogP contribution in [0.3, 0.4) is 0 Å². The van der Waals surface area contributed by atoms with Crippen molar-refractivity contribution in [1.29, 1.82) is 0 Å². The van der Waals surface area contributed by atoms with Crippen molar-refractivity contribution in [2.75, 3.05) is 38.2 Å². The first-order chi connectivity index (χ1) is 12.5. The van der Waals surface area contributed by atoms with Crippen LogP contribution in [0.2, 0.25) is 0 Å². The average Bonchev–Trinajstić information content (AvgIpc) is 2.63. The van der Waals surface area contributed by atoms with E-state index in [1.165, 1.54) is 6.20 Å². The van der Waals surface area contributed by atoms with Crippen LogP contribution in [0.1, 0.15) is 5.56 Å². The number of nitrogens with zero attached hydrogens (tertiary/aromatic N) is 2. The first kappa shape index (κ1) is 18.8. The van der Waals surface area contributed by atoms with E-state index in [0.717, 1.165) is 37.8 Å². The van der Waals surface area contributed by atoms with E-state index < -0.39 is 10.1 Å². The fraction of sp³-hybridized carbons (Fsp3) is 0.389. The number of rotatable bonds is 7. The van der Waals surface area contributed by atoms with Crippen LogP contribution < -0.4 is 5.32 Å². The molecule has 7 nitrogen and oxygen atoms in total. The molecule has 0 unspecified atom stereocenters. The van der Waals surface area contributed by atoms with Gasteiger partial charge in [0.25, 0.3) is 10.1 Å². The minimum Gasteiger partial charge on any atom is -0.379 e. The van der Waals surface area contributed by atoms with Crippen LogP contribution in [0.25, 0.3) is 0 Å². The Morgan fingerprint density at radius 3 is 2.62 bits per heavy atom. The van der Waals surface area contributed by atoms with E-state index in [1.54, 1.807) is 6.07 Å². The molecule has 2 heterocycles. The third-order valence-corrected chi connectivity index (χ3v) is 5.21. The van der Waals surface area contributed by atoms with Crippen LogP contribution in [-0.4, -0.2) is 61.7 Å². The van der Waals surface area contributed by atoms with Gasteiger partial charge in [-0.25, -0.2) is 0 Å². The number of ether oxygens (including phenoxy) is 1. The molecule has 0 bridgehead atoms. The van der Waals surface area contributed by atoms with Crippen molar-refractivity contribution < 1.29 is 17.7 Å². The number of aromatic nitrogens is 1. The van der Waals surface area contributed by atoms with Crippen molar-refractivity contribution in [2.45, 2.75) is 17.4 Å². The topological polar surface area (TPSA) is 91.8 Å². The molecule has 0 saturated carbocycles. The number of benzene rings is 1. The predicted octanol–water partition coefficient (Wildman–Crippen LogP) is 1.68. The molecule has 1 aliphatic rings. The van der Waals surface area contributed by atoms with Crippen molar-refractivity contribution >= 4 is 15.8 Å². The average molecular weight is 377 g/mol. The fourth-order valence-corrected chi connectivity index (χ4v) is 3.68. The Hall–Kier alpha value is -2.00. The van der Waals surface area contributed by atoms with Gasteiger partial charge in [-0.15, -0.1) is 0 Å². The highest BCUT2D eigenvalue weighted by atomic mass is 32.2. The molecule has 8 heteroatoms. The molecule has 2 aromatic rings. The first-order valence-corrected chi connectivity index (χ1v) is 9.98. The van der Waals surface area contributed by atoms with Gasteiger partial charge in [0.15, 0.2) is 0 Å². The lowest BCUT2D eigenvalue weighted by molar-refractivity contribution is 0.0361. The standard InChI is InChI=1S/C18H23N3O4S/c22-26(23,24)18-13-19-7-6-17(18)20-16(12-15-4-2-1-3-5-15)14-21-8-10-25-11-9-21/h1-7,13,16H,8-12,14H2,(H,19,20)(H,22,23,24)/t16-/m0/s1. The van der Waals surface area contributed by atoms with Gasteiger partial charge in [0.2, 0.25) is 0 Å². The van der Waals surface area contributed by atoms with Crippen LogP contribution in [0, 0.1) is 0 Å². The molecule has 3 rings (SSSR count). The zero-order chi connectivity index (χ0) is 18.4. The monoisotopic (exact) mass is 377 g/mol. The molecule has 0 radical (unpaired) electrons. The summed E-state index contributed by atoms with van der Waals surface area (Å²) >= 11 is 0. The summed E-state index contributed by atoms with van der Waals surface area (Å²) in [4.78, 5) is 5.89. The summed E-state index contributed by atoms with van der Waals surface area (Å²) in [6.07, 6.45) is 3.39. The maximum atomic E-state index is 11.6. The van der Waals surface area contributed by atoms with Gasteiger partial charge in [-0.1, -0.05) is 30.3 Å². The van der Waals surface area contributed by atoms with Crippen LogP contribution >= 0.6 is 0 Å². The molecule has 1 fully saturated rings. The van der Waals surface area contributed by atoms with E-state index in [-0.39, 0.29) is 10.9 Å². The summed E-state index contributed by atoms with van der Waals surface area (Å²) in [6.45, 7) is 3.82. The summed E-state index contributed by atoms with van der Waals surface area (Å²) < 4.78 is 38.1. The Labute approximate surface area is 153 Å². The van der Waals surface area contributed by atoms with Crippen LogP contribution in [-0.2, 0) is 21.3 Å². The predicted molar refractivity (Wildman–Crippen MR) is 98.9 cm³/mol. The molecule has 1 atom stereocenters. The molecule has 1 aromatic heterocycles. The summed E-state index contributed by atoms with van der Waals surface area (Å²) in [6, 6.07) is 11.6. The Balaban J connectivity index is 1.81. The second-order valence-electron chi connectivity index (χ2n) is 6.29. The molecule has 140 valence electrons. The highest BCUT2D eigenvalue weighted by Crippen LogP contribution is 2.21. The largest absolute Gasteiger partial charge is 0.379 e. The molecule has 1 saturated heterocycles. The molecule has 2 N–H and O–H groups in total. The van der Waals surface area contributed by atoms with Crippen molar-refractivity contribution in [3.8, 4) is 0 Å². The number of hydrogen-bond acceptors (Lipinski definition) is 6. The van der Waals surface area contributed by atoms with Gasteiger partial charge in [-0.2, -0.15) is 8.42 Å². The molecule has 0 aliphatic carbocycles. The quantitative estimate of drug-likeness (QED) is 0.709. The van der Waals surface area contributed by atoms with E-state index in [0.29, 0.717) is 18.9 Å². The highest BCUT2D eigenvalue weighted by Gasteiger charge is 2.21. The van der Waals surface area contributed by atoms with Crippen molar-refractivity contribution in [1.82, 2.24) is 9.88 Å². The SMILES string of the molecule is O=S(=O)(O)c1cnccc1N[C@@H](Cc1ccccc1)CN1CCOCC1. The highest BCUT2D eigenvalue weighted by molar-refractivity contribution is 7.86. The fourth-order valence-electron chi connectivity index (χ4n) is 3.08. The lowest BCUT2D eigenvalue weighted by Crippen LogP contribution is -2.44. The van der Waals surface area contributed by atoms with Crippen LogP contribution in [0.4, 0.5) is 5.69 Å². The van der Waals surface area contributed by atoms with Gasteiger partial charge in [0.1, 0.15) is 4.90 Å². The van der Waals surface area contributed by atoms with E-state index in [1.807, 2.05) is 30.3 Å². The van der Waals surface area contributed by atoms with Crippen LogP contribution in [0.5, 0.6) is 0 Å². The Morgan fingerprint density at radius 1 is 1.19 bits per heavy atom. The molecule has 0 amide bonds. The number of anilines is 1. The van der Waals surface area contributed by atoms with Crippen molar-refractivity contribution in [3.05, 3.63) is 54.4 Å². The molecule has 1 aliphatic heterocycles. The van der Waals surface area contributed by atoms with E-state index in [4.69, 9.17) is 4.74 Å². The Kier molecular flexibility index (Phi) is 6.20. The van der Waals surface area contributed by atoms with Gasteiger partial charge >= 0.3 is 0 Å². The van der Waals surface area contributed by atoms with E-state index >= 15 is 0 Å². The van der Waals surface area contributed by atoms with E-state index in [2.05, 4.69) is 15.2 Å². The van der Waals surface area contributed by atoms with Gasteiger partial charge in [0, 0.05) is 31.9 Å². The summed E-state index contributed by atoms with van der Waals surface area (Å²) in [5.41, 5.74) is 1.51. The summed E-state index contributed by atoms with van der Waals surface area (Å²) in [5.74, 6) is 0. The lowest BCUT2D eigenvalue weighted by Gasteiger charge is -2.31. The maximum Gasteiger partial charge on any atom is 0.298 e. The number of pyridine rings is 1.